The van der Waals surface area contributed by atoms with Gasteiger partial charge in [-0.05, 0) is 24.1 Å². The fraction of sp³-hybridized carbons (Fsp3) is 0.375. The van der Waals surface area contributed by atoms with E-state index in [0.29, 0.717) is 13.1 Å². The monoisotopic (exact) mass is 379 g/mol. The molecule has 1 aliphatic rings. The highest BCUT2D eigenvalue weighted by Crippen LogP contribution is 2.05. The van der Waals surface area contributed by atoms with Crippen molar-refractivity contribution in [2.24, 2.45) is 0 Å². The first-order valence-electron chi connectivity index (χ1n) is 10.3. The van der Waals surface area contributed by atoms with Crippen LogP contribution >= 0.6 is 0 Å². The van der Waals surface area contributed by atoms with Crippen LogP contribution in [-0.4, -0.2) is 57.1 Å². The van der Waals surface area contributed by atoms with E-state index in [4.69, 9.17) is 0 Å². The maximum Gasteiger partial charge on any atom is 0.277 e. The Balaban J connectivity index is 1.38. The van der Waals surface area contributed by atoms with Crippen molar-refractivity contribution >= 4 is 12.0 Å². The second-order valence-corrected chi connectivity index (χ2v) is 7.93. The van der Waals surface area contributed by atoms with Crippen molar-refractivity contribution in [3.05, 3.63) is 77.4 Å². The molecule has 148 valence electrons. The predicted molar refractivity (Wildman–Crippen MR) is 114 cm³/mol. The average molecular weight is 380 g/mol. The van der Waals surface area contributed by atoms with Gasteiger partial charge in [-0.3, -0.25) is 4.79 Å². The number of carbonyl (C=O) groups excluding carboxylic acids is 1. The Bertz CT molecular complexity index is 762. The smallest absolute Gasteiger partial charge is 0.277 e. The van der Waals surface area contributed by atoms with Crippen molar-refractivity contribution in [1.29, 1.82) is 0 Å². The van der Waals surface area contributed by atoms with Crippen LogP contribution in [0.3, 0.4) is 0 Å². The Labute approximate surface area is 169 Å². The van der Waals surface area contributed by atoms with E-state index >= 15 is 0 Å². The van der Waals surface area contributed by atoms with Crippen LogP contribution in [0.15, 0.2) is 60.7 Å². The summed E-state index contributed by atoms with van der Waals surface area (Å²) in [6.45, 7) is 8.83. The van der Waals surface area contributed by atoms with Gasteiger partial charge in [0.2, 0.25) is 0 Å². The molecule has 1 heterocycles. The van der Waals surface area contributed by atoms with E-state index < -0.39 is 0 Å². The summed E-state index contributed by atoms with van der Waals surface area (Å²) in [5.41, 5.74) is 3.70. The van der Waals surface area contributed by atoms with Crippen LogP contribution in [0, 0.1) is 6.92 Å². The molecule has 0 atom stereocenters. The molecule has 4 nitrogen and oxygen atoms in total. The van der Waals surface area contributed by atoms with Gasteiger partial charge in [0.05, 0.1) is 6.54 Å². The minimum Gasteiger partial charge on any atom is -0.337 e. The number of amides is 1. The molecule has 0 radical (unpaired) electrons. The number of piperazine rings is 1. The summed E-state index contributed by atoms with van der Waals surface area (Å²) >= 11 is 0. The minimum absolute atomic E-state index is 0.239. The summed E-state index contributed by atoms with van der Waals surface area (Å²) in [6.07, 6.45) is 4.48. The van der Waals surface area contributed by atoms with Gasteiger partial charge in [0.1, 0.15) is 26.2 Å². The topological polar surface area (TPSA) is 29.2 Å². The molecule has 2 aromatic carbocycles. The number of rotatable bonds is 7. The highest BCUT2D eigenvalue weighted by atomic mass is 16.2. The SMILES string of the molecule is Cc1ccc(CN(C)C(=O)C[NH+]2CC[NH+](C/C=C/c3ccccc3)CC2)cc1. The Morgan fingerprint density at radius 3 is 2.29 bits per heavy atom. The molecule has 0 saturated carbocycles. The third-order valence-corrected chi connectivity index (χ3v) is 5.55. The largest absolute Gasteiger partial charge is 0.337 e. The lowest BCUT2D eigenvalue weighted by molar-refractivity contribution is -1.01. The first-order chi connectivity index (χ1) is 13.6. The van der Waals surface area contributed by atoms with Crippen molar-refractivity contribution in [2.75, 3.05) is 46.3 Å². The number of nitrogens with zero attached hydrogens (tertiary/aromatic N) is 1. The van der Waals surface area contributed by atoms with Crippen LogP contribution in [0.5, 0.6) is 0 Å². The Kier molecular flexibility index (Phi) is 7.40. The Hall–Kier alpha value is -2.43. The van der Waals surface area contributed by atoms with Crippen LogP contribution in [0.25, 0.3) is 6.08 Å². The second kappa shape index (κ2) is 10.2. The summed E-state index contributed by atoms with van der Waals surface area (Å²) in [5, 5.41) is 0. The van der Waals surface area contributed by atoms with E-state index in [-0.39, 0.29) is 5.91 Å². The zero-order chi connectivity index (χ0) is 19.8. The van der Waals surface area contributed by atoms with Crippen molar-refractivity contribution in [3.8, 4) is 0 Å². The van der Waals surface area contributed by atoms with E-state index in [2.05, 4.69) is 67.6 Å². The molecule has 0 spiro atoms. The van der Waals surface area contributed by atoms with E-state index in [1.165, 1.54) is 21.6 Å². The average Bonchev–Trinajstić information content (AvgIpc) is 2.72. The number of quaternary nitrogens is 2. The van der Waals surface area contributed by atoms with E-state index in [1.54, 1.807) is 4.90 Å². The lowest BCUT2D eigenvalue weighted by Crippen LogP contribution is -3.28. The highest BCUT2D eigenvalue weighted by Gasteiger charge is 2.25. The predicted octanol–water partition coefficient (Wildman–Crippen LogP) is 0.450. The fourth-order valence-electron chi connectivity index (χ4n) is 3.67. The normalized spacial score (nSPS) is 19.6. The first-order valence-corrected chi connectivity index (χ1v) is 10.3. The van der Waals surface area contributed by atoms with Crippen LogP contribution in [0.4, 0.5) is 0 Å². The third kappa shape index (κ3) is 6.32. The molecule has 28 heavy (non-hydrogen) atoms. The molecule has 3 rings (SSSR count). The summed E-state index contributed by atoms with van der Waals surface area (Å²) in [6, 6.07) is 18.9. The zero-order valence-electron chi connectivity index (χ0n) is 17.2. The van der Waals surface area contributed by atoms with Gasteiger partial charge in [-0.15, -0.1) is 0 Å². The quantitative estimate of drug-likeness (QED) is 0.719. The number of hydrogen-bond acceptors (Lipinski definition) is 1. The van der Waals surface area contributed by atoms with Gasteiger partial charge in [0, 0.05) is 13.6 Å². The molecule has 1 fully saturated rings. The molecule has 0 bridgehead atoms. The number of benzene rings is 2. The van der Waals surface area contributed by atoms with Crippen LogP contribution < -0.4 is 9.80 Å². The Morgan fingerprint density at radius 2 is 1.61 bits per heavy atom. The van der Waals surface area contributed by atoms with Crippen LogP contribution in [0.1, 0.15) is 16.7 Å². The molecule has 2 N–H and O–H groups in total. The highest BCUT2D eigenvalue weighted by molar-refractivity contribution is 5.76. The standard InChI is InChI=1S/C24H31N3O/c1-21-10-12-23(13-11-21)19-25(2)24(28)20-27-17-15-26(16-18-27)14-6-9-22-7-4-3-5-8-22/h3-13H,14-20H2,1-2H3/p+2/b9-6+. The van der Waals surface area contributed by atoms with Crippen molar-refractivity contribution in [1.82, 2.24) is 4.90 Å². The third-order valence-electron chi connectivity index (χ3n) is 5.55. The van der Waals surface area contributed by atoms with Crippen LogP contribution in [-0.2, 0) is 11.3 Å². The molecule has 0 aromatic heterocycles. The summed E-state index contributed by atoms with van der Waals surface area (Å²) in [7, 11) is 1.91. The molecule has 1 aliphatic heterocycles. The van der Waals surface area contributed by atoms with Gasteiger partial charge in [0.15, 0.2) is 6.54 Å². The van der Waals surface area contributed by atoms with Gasteiger partial charge in [0.25, 0.3) is 5.91 Å². The first kappa shape index (κ1) is 20.3. The number of aryl methyl sites for hydroxylation is 1. The van der Waals surface area contributed by atoms with Crippen LogP contribution in [0.2, 0.25) is 0 Å². The molecular formula is C24H33N3O+2. The van der Waals surface area contributed by atoms with Gasteiger partial charge in [-0.2, -0.15) is 0 Å². The minimum atomic E-state index is 0.239. The van der Waals surface area contributed by atoms with Crippen molar-refractivity contribution in [3.63, 3.8) is 0 Å². The molecule has 1 amide bonds. The van der Waals surface area contributed by atoms with Gasteiger partial charge >= 0.3 is 0 Å². The Morgan fingerprint density at radius 1 is 0.964 bits per heavy atom. The molecule has 0 aliphatic carbocycles. The summed E-state index contributed by atoms with van der Waals surface area (Å²) < 4.78 is 0. The summed E-state index contributed by atoms with van der Waals surface area (Å²) in [5.74, 6) is 0.239. The van der Waals surface area contributed by atoms with E-state index in [1.807, 2.05) is 18.0 Å². The number of likely N-dealkylation sites (N-methyl/N-ethyl adjacent to an activating group) is 1. The molecule has 0 unspecified atom stereocenters. The number of nitrogens with one attached hydrogen (secondary N) is 2. The lowest BCUT2D eigenvalue weighted by atomic mass is 10.1. The van der Waals surface area contributed by atoms with Crippen molar-refractivity contribution < 1.29 is 14.6 Å². The number of carbonyl (C=O) groups is 1. The summed E-state index contributed by atoms with van der Waals surface area (Å²) in [4.78, 5) is 17.5. The fourth-order valence-corrected chi connectivity index (χ4v) is 3.67. The molecule has 1 saturated heterocycles. The molecular weight excluding hydrogens is 346 g/mol. The second-order valence-electron chi connectivity index (χ2n) is 7.93. The number of hydrogen-bond donors (Lipinski definition) is 2. The lowest BCUT2D eigenvalue weighted by Gasteiger charge is -2.29. The maximum absolute atomic E-state index is 12.6. The van der Waals surface area contributed by atoms with Crippen molar-refractivity contribution in [2.45, 2.75) is 13.5 Å². The molecule has 2 aromatic rings. The van der Waals surface area contributed by atoms with E-state index in [9.17, 15) is 4.79 Å². The van der Waals surface area contributed by atoms with Gasteiger partial charge < -0.3 is 14.7 Å². The van der Waals surface area contributed by atoms with E-state index in [0.717, 1.165) is 32.7 Å². The maximum atomic E-state index is 12.6. The van der Waals surface area contributed by atoms with Gasteiger partial charge in [-0.25, -0.2) is 0 Å². The molecule has 4 heteroatoms. The zero-order valence-corrected chi connectivity index (χ0v) is 17.2. The van der Waals surface area contributed by atoms with Gasteiger partial charge in [-0.1, -0.05) is 66.2 Å².